The van der Waals surface area contributed by atoms with Gasteiger partial charge in [0.15, 0.2) is 0 Å². The third-order valence-electron chi connectivity index (χ3n) is 6.01. The van der Waals surface area contributed by atoms with Crippen molar-refractivity contribution in [3.05, 3.63) is 69.9 Å². The normalized spacial score (nSPS) is 21.1. The van der Waals surface area contributed by atoms with Crippen molar-refractivity contribution in [1.29, 1.82) is 0 Å². The topological polar surface area (TPSA) is 45.6 Å². The Morgan fingerprint density at radius 1 is 1.19 bits per heavy atom. The Morgan fingerprint density at radius 3 is 2.68 bits per heavy atom. The zero-order chi connectivity index (χ0) is 21.8. The van der Waals surface area contributed by atoms with Crippen LogP contribution in [0, 0.1) is 5.92 Å². The van der Waals surface area contributed by atoms with E-state index >= 15 is 0 Å². The van der Waals surface area contributed by atoms with Gasteiger partial charge in [-0.05, 0) is 67.8 Å². The molecule has 0 bridgehead atoms. The van der Waals surface area contributed by atoms with E-state index < -0.39 is 0 Å². The number of hydrogen-bond acceptors (Lipinski definition) is 4. The number of halogens is 2. The van der Waals surface area contributed by atoms with Gasteiger partial charge in [-0.15, -0.1) is 11.8 Å². The highest BCUT2D eigenvalue weighted by molar-refractivity contribution is 7.98. The number of amides is 1. The van der Waals surface area contributed by atoms with E-state index in [0.717, 1.165) is 49.5 Å². The van der Waals surface area contributed by atoms with Crippen LogP contribution in [-0.4, -0.2) is 46.9 Å². The van der Waals surface area contributed by atoms with E-state index in [1.165, 1.54) is 0 Å². The fourth-order valence-electron chi connectivity index (χ4n) is 4.39. The Balaban J connectivity index is 1.38. The van der Waals surface area contributed by atoms with Gasteiger partial charge in [0, 0.05) is 37.0 Å². The van der Waals surface area contributed by atoms with Crippen LogP contribution in [0.5, 0.6) is 0 Å². The Morgan fingerprint density at radius 2 is 2.00 bits per heavy atom. The van der Waals surface area contributed by atoms with E-state index in [-0.39, 0.29) is 11.4 Å². The number of benzene rings is 1. The van der Waals surface area contributed by atoms with Crippen LogP contribution in [0.3, 0.4) is 0 Å². The minimum atomic E-state index is -0.232. The maximum atomic E-state index is 12.9. The molecule has 2 aliphatic rings. The third-order valence-corrected chi connectivity index (χ3v) is 7.40. The van der Waals surface area contributed by atoms with E-state index in [4.69, 9.17) is 33.2 Å². The molecule has 3 heterocycles. The molecule has 0 spiro atoms. The summed E-state index contributed by atoms with van der Waals surface area (Å²) in [7, 11) is 0. The van der Waals surface area contributed by atoms with Gasteiger partial charge in [-0.3, -0.25) is 9.79 Å². The van der Waals surface area contributed by atoms with Crippen LogP contribution >= 0.6 is 35.0 Å². The molecule has 162 valence electrons. The molecule has 31 heavy (non-hydrogen) atoms. The molecular formula is C24H25Cl2N3OS. The van der Waals surface area contributed by atoms with Crippen molar-refractivity contribution in [2.75, 3.05) is 19.3 Å². The molecule has 1 amide bonds. The fraction of sp³-hybridized carbons (Fsp3) is 0.375. The molecule has 1 unspecified atom stereocenters. The molecule has 0 aliphatic carbocycles. The van der Waals surface area contributed by atoms with Gasteiger partial charge in [0.25, 0.3) is 5.91 Å². The molecule has 1 aromatic carbocycles. The van der Waals surface area contributed by atoms with Crippen LogP contribution in [-0.2, 0) is 6.42 Å². The Hall–Kier alpha value is -1.82. The molecule has 1 fully saturated rings. The van der Waals surface area contributed by atoms with Crippen LogP contribution in [0.2, 0.25) is 10.0 Å². The van der Waals surface area contributed by atoms with E-state index in [1.54, 1.807) is 30.0 Å². The second kappa shape index (κ2) is 9.76. The minimum Gasteiger partial charge on any atom is -0.339 e. The molecule has 2 aromatic rings. The van der Waals surface area contributed by atoms with Gasteiger partial charge in [0.05, 0.1) is 20.6 Å². The number of nitrogens with zero attached hydrogens (tertiary/aromatic N) is 3. The predicted octanol–water partition coefficient (Wildman–Crippen LogP) is 5.97. The van der Waals surface area contributed by atoms with Crippen LogP contribution in [0.1, 0.15) is 35.3 Å². The van der Waals surface area contributed by atoms with Gasteiger partial charge in [0.2, 0.25) is 0 Å². The van der Waals surface area contributed by atoms with Gasteiger partial charge < -0.3 is 4.90 Å². The van der Waals surface area contributed by atoms with Crippen molar-refractivity contribution in [3.8, 4) is 0 Å². The zero-order valence-electron chi connectivity index (χ0n) is 17.4. The highest BCUT2D eigenvalue weighted by Crippen LogP contribution is 2.35. The third kappa shape index (κ3) is 5.33. The lowest BCUT2D eigenvalue weighted by Gasteiger charge is -2.36. The molecule has 7 heteroatoms. The first-order chi connectivity index (χ1) is 15.0. The summed E-state index contributed by atoms with van der Waals surface area (Å²) in [6, 6.07) is 11.3. The SMILES string of the molecule is CSc1cccc(CC2(CC3CCN(C(=O)c4ccc(Cl)c(Cl)c4)CC3)C=CC=N2)n1. The summed E-state index contributed by atoms with van der Waals surface area (Å²) in [6.07, 6.45) is 11.9. The van der Waals surface area contributed by atoms with Gasteiger partial charge in [-0.1, -0.05) is 35.3 Å². The number of carbonyl (C=O) groups excluding carboxylic acids is 1. The lowest BCUT2D eigenvalue weighted by molar-refractivity contribution is 0.0679. The van der Waals surface area contributed by atoms with Gasteiger partial charge in [-0.25, -0.2) is 4.98 Å². The van der Waals surface area contributed by atoms with E-state index in [1.807, 2.05) is 29.5 Å². The summed E-state index contributed by atoms with van der Waals surface area (Å²) < 4.78 is 0. The molecule has 1 aromatic heterocycles. The van der Waals surface area contributed by atoms with Crippen molar-refractivity contribution in [2.45, 2.75) is 36.2 Å². The first-order valence-electron chi connectivity index (χ1n) is 10.5. The second-order valence-corrected chi connectivity index (χ2v) is 9.80. The second-order valence-electron chi connectivity index (χ2n) is 8.16. The summed E-state index contributed by atoms with van der Waals surface area (Å²) in [5.74, 6) is 0.532. The Kier molecular flexibility index (Phi) is 7.05. The van der Waals surface area contributed by atoms with Gasteiger partial charge in [-0.2, -0.15) is 0 Å². The number of carbonyl (C=O) groups is 1. The zero-order valence-corrected chi connectivity index (χ0v) is 19.8. The summed E-state index contributed by atoms with van der Waals surface area (Å²) in [5, 5.41) is 1.91. The van der Waals surface area contributed by atoms with Crippen molar-refractivity contribution in [2.24, 2.45) is 10.9 Å². The average Bonchev–Trinajstić information content (AvgIpc) is 3.23. The number of rotatable bonds is 6. The number of thioether (sulfide) groups is 1. The number of aromatic nitrogens is 1. The molecule has 0 N–H and O–H groups in total. The van der Waals surface area contributed by atoms with Crippen LogP contribution in [0.4, 0.5) is 0 Å². The van der Waals surface area contributed by atoms with E-state index in [0.29, 0.717) is 21.5 Å². The number of likely N-dealkylation sites (tertiary alicyclic amines) is 1. The van der Waals surface area contributed by atoms with E-state index in [2.05, 4.69) is 18.2 Å². The molecule has 0 saturated carbocycles. The fourth-order valence-corrected chi connectivity index (χ4v) is 5.11. The Labute approximate surface area is 197 Å². The molecule has 1 atom stereocenters. The Bertz CT molecular complexity index is 1000. The van der Waals surface area contributed by atoms with Crippen molar-refractivity contribution >= 4 is 47.1 Å². The summed E-state index contributed by atoms with van der Waals surface area (Å²) >= 11 is 13.7. The number of piperidine rings is 1. The number of hydrogen-bond donors (Lipinski definition) is 0. The molecule has 4 nitrogen and oxygen atoms in total. The number of pyridine rings is 1. The first kappa shape index (κ1) is 22.4. The van der Waals surface area contributed by atoms with Crippen molar-refractivity contribution in [3.63, 3.8) is 0 Å². The lowest BCUT2D eigenvalue weighted by atomic mass is 9.80. The molecular weight excluding hydrogens is 449 g/mol. The molecule has 0 radical (unpaired) electrons. The smallest absolute Gasteiger partial charge is 0.253 e. The molecule has 1 saturated heterocycles. The van der Waals surface area contributed by atoms with Gasteiger partial charge in [0.1, 0.15) is 0 Å². The quantitative estimate of drug-likeness (QED) is 0.485. The van der Waals surface area contributed by atoms with Crippen LogP contribution < -0.4 is 0 Å². The maximum absolute atomic E-state index is 12.9. The number of allylic oxidation sites excluding steroid dienone is 1. The molecule has 2 aliphatic heterocycles. The monoisotopic (exact) mass is 473 g/mol. The lowest BCUT2D eigenvalue weighted by Crippen LogP contribution is -2.40. The highest BCUT2D eigenvalue weighted by atomic mass is 35.5. The summed E-state index contributed by atoms with van der Waals surface area (Å²) in [5.41, 5.74) is 1.43. The summed E-state index contributed by atoms with van der Waals surface area (Å²) in [4.78, 5) is 24.4. The standard InChI is InChI=1S/C24H25Cl2N3OS/c1-31-22-5-2-4-19(28-22)16-24(10-3-11-27-24)15-17-8-12-29(13-9-17)23(30)18-6-7-20(25)21(26)14-18/h2-7,10-11,14,17H,8-9,12-13,15-16H2,1H3. The van der Waals surface area contributed by atoms with E-state index in [9.17, 15) is 4.79 Å². The van der Waals surface area contributed by atoms with Crippen LogP contribution in [0.15, 0.2) is 58.6 Å². The minimum absolute atomic E-state index is 0.0172. The van der Waals surface area contributed by atoms with Gasteiger partial charge >= 0.3 is 0 Å². The number of aliphatic imine (C=N–C) groups is 1. The highest BCUT2D eigenvalue weighted by Gasteiger charge is 2.34. The summed E-state index contributed by atoms with van der Waals surface area (Å²) in [6.45, 7) is 1.49. The first-order valence-corrected chi connectivity index (χ1v) is 12.4. The predicted molar refractivity (Wildman–Crippen MR) is 130 cm³/mol. The maximum Gasteiger partial charge on any atom is 0.253 e. The van der Waals surface area contributed by atoms with Crippen molar-refractivity contribution in [1.82, 2.24) is 9.88 Å². The largest absolute Gasteiger partial charge is 0.339 e. The van der Waals surface area contributed by atoms with Crippen molar-refractivity contribution < 1.29 is 4.79 Å². The molecule has 4 rings (SSSR count). The average molecular weight is 474 g/mol. The van der Waals surface area contributed by atoms with Crippen LogP contribution in [0.25, 0.3) is 0 Å².